The smallest absolute Gasteiger partial charge is 0.251 e. The average Bonchev–Trinajstić information content (AvgIpc) is 2.27. The first kappa shape index (κ1) is 14.5. The maximum Gasteiger partial charge on any atom is 0.251 e. The summed E-state index contributed by atoms with van der Waals surface area (Å²) in [5.41, 5.74) is 1.66. The lowest BCUT2D eigenvalue weighted by molar-refractivity contribution is 0.0955. The van der Waals surface area contributed by atoms with Gasteiger partial charge in [0.15, 0.2) is 0 Å². The zero-order valence-corrected chi connectivity index (χ0v) is 11.8. The Bertz CT molecular complexity index is 552. The van der Waals surface area contributed by atoms with Gasteiger partial charge in [-0.25, -0.2) is 8.42 Å². The molecule has 18 heavy (non-hydrogen) atoms. The molecule has 100 valence electrons. The fraction of sp³-hybridized carbons (Fsp3) is 0.417. The van der Waals surface area contributed by atoms with Crippen molar-refractivity contribution in [3.8, 4) is 0 Å². The standard InChI is InChI=1S/C12H18N2O3S/c1-5-13-12(15)10-7-6-8-11(9(10)2)14(3)18(4,16)17/h6-8H,5H2,1-4H3,(H,13,15). The molecular weight excluding hydrogens is 252 g/mol. The Hall–Kier alpha value is -1.56. The number of carbonyl (C=O) groups excluding carboxylic acids is 1. The number of anilines is 1. The number of nitrogens with one attached hydrogen (secondary N) is 1. The lowest BCUT2D eigenvalue weighted by atomic mass is 10.1. The Morgan fingerprint density at radius 2 is 2.00 bits per heavy atom. The van der Waals surface area contributed by atoms with Crippen LogP contribution < -0.4 is 9.62 Å². The number of rotatable bonds is 4. The lowest BCUT2D eigenvalue weighted by Gasteiger charge is -2.20. The molecule has 0 fully saturated rings. The van der Waals surface area contributed by atoms with Crippen LogP contribution in [0.2, 0.25) is 0 Å². The molecule has 0 aromatic heterocycles. The minimum atomic E-state index is -3.33. The van der Waals surface area contributed by atoms with Gasteiger partial charge in [0.25, 0.3) is 5.91 Å². The first-order valence-corrected chi connectivity index (χ1v) is 7.45. The van der Waals surface area contributed by atoms with Crippen LogP contribution in [0.15, 0.2) is 18.2 Å². The first-order valence-electron chi connectivity index (χ1n) is 5.60. The molecule has 0 saturated carbocycles. The van der Waals surface area contributed by atoms with E-state index in [2.05, 4.69) is 5.32 Å². The highest BCUT2D eigenvalue weighted by Gasteiger charge is 2.17. The van der Waals surface area contributed by atoms with Gasteiger partial charge < -0.3 is 5.32 Å². The molecule has 6 heteroatoms. The summed E-state index contributed by atoms with van der Waals surface area (Å²) in [6, 6.07) is 5.04. The van der Waals surface area contributed by atoms with Gasteiger partial charge in [-0.1, -0.05) is 6.07 Å². The third-order valence-electron chi connectivity index (χ3n) is 2.72. The summed E-state index contributed by atoms with van der Waals surface area (Å²) >= 11 is 0. The second-order valence-electron chi connectivity index (χ2n) is 4.04. The number of amides is 1. The molecule has 1 rings (SSSR count). The van der Waals surface area contributed by atoms with Gasteiger partial charge in [-0.3, -0.25) is 9.10 Å². The molecule has 0 aliphatic heterocycles. The van der Waals surface area contributed by atoms with Gasteiger partial charge in [0.05, 0.1) is 11.9 Å². The fourth-order valence-corrected chi connectivity index (χ4v) is 2.20. The molecule has 1 N–H and O–H groups in total. The van der Waals surface area contributed by atoms with Crippen LogP contribution in [0, 0.1) is 6.92 Å². The minimum Gasteiger partial charge on any atom is -0.352 e. The Morgan fingerprint density at radius 3 is 2.50 bits per heavy atom. The molecule has 0 unspecified atom stereocenters. The van der Waals surface area contributed by atoms with Crippen LogP contribution in [0.25, 0.3) is 0 Å². The van der Waals surface area contributed by atoms with Crippen molar-refractivity contribution in [1.29, 1.82) is 0 Å². The molecule has 0 aliphatic rings. The first-order chi connectivity index (χ1) is 8.29. The third kappa shape index (κ3) is 3.01. The van der Waals surface area contributed by atoms with E-state index >= 15 is 0 Å². The summed E-state index contributed by atoms with van der Waals surface area (Å²) in [7, 11) is -1.86. The second kappa shape index (κ2) is 5.39. The topological polar surface area (TPSA) is 66.5 Å². The molecule has 1 aromatic rings. The van der Waals surface area contributed by atoms with E-state index in [1.807, 2.05) is 6.92 Å². The molecule has 0 saturated heterocycles. The third-order valence-corrected chi connectivity index (χ3v) is 3.92. The number of hydrogen-bond acceptors (Lipinski definition) is 3. The average molecular weight is 270 g/mol. The van der Waals surface area contributed by atoms with Crippen molar-refractivity contribution in [1.82, 2.24) is 5.32 Å². The predicted octanol–water partition coefficient (Wildman–Crippen LogP) is 1.14. The quantitative estimate of drug-likeness (QED) is 0.892. The van der Waals surface area contributed by atoms with E-state index in [1.54, 1.807) is 25.1 Å². The Morgan fingerprint density at radius 1 is 1.39 bits per heavy atom. The number of carbonyl (C=O) groups is 1. The highest BCUT2D eigenvalue weighted by atomic mass is 32.2. The van der Waals surface area contributed by atoms with E-state index in [9.17, 15) is 13.2 Å². The van der Waals surface area contributed by atoms with Crippen molar-refractivity contribution < 1.29 is 13.2 Å². The summed E-state index contributed by atoms with van der Waals surface area (Å²) in [5.74, 6) is -0.196. The zero-order valence-electron chi connectivity index (χ0n) is 11.0. The molecule has 1 amide bonds. The Kier molecular flexibility index (Phi) is 4.34. The largest absolute Gasteiger partial charge is 0.352 e. The van der Waals surface area contributed by atoms with Crippen LogP contribution in [0.4, 0.5) is 5.69 Å². The zero-order chi connectivity index (χ0) is 13.9. The van der Waals surface area contributed by atoms with Crippen LogP contribution >= 0.6 is 0 Å². The number of benzene rings is 1. The molecule has 0 radical (unpaired) electrons. The second-order valence-corrected chi connectivity index (χ2v) is 6.05. The van der Waals surface area contributed by atoms with Crippen molar-refractivity contribution in [2.45, 2.75) is 13.8 Å². The van der Waals surface area contributed by atoms with Crippen molar-refractivity contribution in [2.24, 2.45) is 0 Å². The Labute approximate surface area is 108 Å². The van der Waals surface area contributed by atoms with Gasteiger partial charge in [-0.05, 0) is 31.5 Å². The summed E-state index contributed by atoms with van der Waals surface area (Å²) in [4.78, 5) is 11.8. The molecule has 5 nitrogen and oxygen atoms in total. The molecular formula is C12H18N2O3S. The predicted molar refractivity (Wildman–Crippen MR) is 72.4 cm³/mol. The molecule has 0 aliphatic carbocycles. The highest BCUT2D eigenvalue weighted by Crippen LogP contribution is 2.23. The molecule has 0 atom stereocenters. The van der Waals surface area contributed by atoms with Gasteiger partial charge >= 0.3 is 0 Å². The van der Waals surface area contributed by atoms with Crippen LogP contribution in [-0.2, 0) is 10.0 Å². The molecule has 0 heterocycles. The molecule has 0 bridgehead atoms. The van der Waals surface area contributed by atoms with Crippen LogP contribution in [-0.4, -0.2) is 34.2 Å². The highest BCUT2D eigenvalue weighted by molar-refractivity contribution is 7.92. The minimum absolute atomic E-state index is 0.196. The van der Waals surface area contributed by atoms with E-state index in [0.717, 1.165) is 6.26 Å². The number of hydrogen-bond donors (Lipinski definition) is 1. The number of sulfonamides is 1. The molecule has 1 aromatic carbocycles. The molecule has 0 spiro atoms. The van der Waals surface area contributed by atoms with Crippen molar-refractivity contribution in [3.63, 3.8) is 0 Å². The van der Waals surface area contributed by atoms with Crippen LogP contribution in [0.3, 0.4) is 0 Å². The van der Waals surface area contributed by atoms with Gasteiger partial charge in [0.1, 0.15) is 0 Å². The van der Waals surface area contributed by atoms with Gasteiger partial charge in [-0.15, -0.1) is 0 Å². The van der Waals surface area contributed by atoms with E-state index in [4.69, 9.17) is 0 Å². The van der Waals surface area contributed by atoms with Crippen LogP contribution in [0.1, 0.15) is 22.8 Å². The van der Waals surface area contributed by atoms with Crippen molar-refractivity contribution >= 4 is 21.6 Å². The van der Waals surface area contributed by atoms with E-state index in [1.165, 1.54) is 11.4 Å². The monoisotopic (exact) mass is 270 g/mol. The van der Waals surface area contributed by atoms with Gasteiger partial charge in [-0.2, -0.15) is 0 Å². The fourth-order valence-electron chi connectivity index (χ4n) is 1.65. The van der Waals surface area contributed by atoms with Crippen molar-refractivity contribution in [3.05, 3.63) is 29.3 Å². The SMILES string of the molecule is CCNC(=O)c1cccc(N(C)S(C)(=O)=O)c1C. The number of nitrogens with zero attached hydrogens (tertiary/aromatic N) is 1. The van der Waals surface area contributed by atoms with Crippen LogP contribution in [0.5, 0.6) is 0 Å². The van der Waals surface area contributed by atoms with Gasteiger partial charge in [0.2, 0.25) is 10.0 Å². The normalized spacial score (nSPS) is 11.1. The summed E-state index contributed by atoms with van der Waals surface area (Å²) in [6.07, 6.45) is 1.13. The summed E-state index contributed by atoms with van der Waals surface area (Å²) in [5, 5.41) is 2.70. The van der Waals surface area contributed by atoms with E-state index in [0.29, 0.717) is 23.4 Å². The van der Waals surface area contributed by atoms with E-state index in [-0.39, 0.29) is 5.91 Å². The van der Waals surface area contributed by atoms with E-state index < -0.39 is 10.0 Å². The summed E-state index contributed by atoms with van der Waals surface area (Å²) < 4.78 is 24.2. The maximum atomic E-state index is 11.8. The maximum absolute atomic E-state index is 11.8. The lowest BCUT2D eigenvalue weighted by Crippen LogP contribution is -2.28. The summed E-state index contributed by atoms with van der Waals surface area (Å²) in [6.45, 7) is 4.10. The van der Waals surface area contributed by atoms with Crippen molar-refractivity contribution in [2.75, 3.05) is 24.2 Å². The van der Waals surface area contributed by atoms with Gasteiger partial charge in [0, 0.05) is 19.2 Å². The Balaban J connectivity index is 3.26.